The first-order valence-corrected chi connectivity index (χ1v) is 10.5. The number of nitrogens with one attached hydrogen (secondary N) is 2. The molecule has 0 aromatic carbocycles. The molecular weight excluding hydrogens is 360 g/mol. The molecule has 8 nitrogen and oxygen atoms in total. The molecule has 3 rings (SSSR count). The highest BCUT2D eigenvalue weighted by Gasteiger charge is 2.36. The predicted octanol–water partition coefficient (Wildman–Crippen LogP) is 0.413. The predicted molar refractivity (Wildman–Crippen MR) is 103 cm³/mol. The number of hydrogen-bond acceptors (Lipinski definition) is 4. The molecule has 2 N–H and O–H groups in total. The Bertz CT molecular complexity index is 638. The molecule has 4 amide bonds. The van der Waals surface area contributed by atoms with Crippen molar-refractivity contribution in [3.8, 4) is 0 Å². The highest BCUT2D eigenvalue weighted by Crippen LogP contribution is 2.23. The fourth-order valence-corrected chi connectivity index (χ4v) is 4.47. The number of amides is 4. The molecule has 3 aliphatic heterocycles. The third kappa shape index (κ3) is 5.23. The van der Waals surface area contributed by atoms with Crippen LogP contribution in [0.4, 0.5) is 0 Å². The topological polar surface area (TPSA) is 98.8 Å². The van der Waals surface area contributed by atoms with Gasteiger partial charge in [0.2, 0.25) is 23.6 Å². The molecule has 3 fully saturated rings. The number of likely N-dealkylation sites (tertiary alicyclic amines) is 2. The van der Waals surface area contributed by atoms with Crippen molar-refractivity contribution in [2.75, 3.05) is 32.7 Å². The lowest BCUT2D eigenvalue weighted by Crippen LogP contribution is -2.59. The van der Waals surface area contributed by atoms with Crippen molar-refractivity contribution in [2.24, 2.45) is 5.92 Å². The fourth-order valence-electron chi connectivity index (χ4n) is 4.47. The van der Waals surface area contributed by atoms with Gasteiger partial charge in [-0.25, -0.2) is 0 Å². The molecule has 0 aromatic heterocycles. The molecule has 0 spiro atoms. The molecule has 156 valence electrons. The standard InChI is InChI=1S/C20H32N4O4/c1-20(22-16(25)12-15-7-9-21-19(15)28)8-5-11-24(14-20)18(27)13-23-10-4-2-3-6-17(23)26/h15H,2-14H2,1H3,(H,21,28)(H,22,25). The molecule has 0 saturated carbocycles. The number of piperidine rings is 1. The van der Waals surface area contributed by atoms with E-state index in [1.165, 1.54) is 0 Å². The second kappa shape index (κ2) is 8.92. The van der Waals surface area contributed by atoms with Crippen LogP contribution in [0.15, 0.2) is 0 Å². The molecule has 0 radical (unpaired) electrons. The summed E-state index contributed by atoms with van der Waals surface area (Å²) in [6.07, 6.45) is 5.88. The van der Waals surface area contributed by atoms with Gasteiger partial charge in [0.1, 0.15) is 0 Å². The van der Waals surface area contributed by atoms with Crippen LogP contribution in [0.5, 0.6) is 0 Å². The average molecular weight is 393 g/mol. The summed E-state index contributed by atoms with van der Waals surface area (Å²) >= 11 is 0. The summed E-state index contributed by atoms with van der Waals surface area (Å²) in [5, 5.41) is 5.81. The molecule has 8 heteroatoms. The van der Waals surface area contributed by atoms with Crippen LogP contribution in [0.1, 0.15) is 58.3 Å². The quantitative estimate of drug-likeness (QED) is 0.708. The van der Waals surface area contributed by atoms with E-state index in [-0.39, 0.29) is 42.5 Å². The highest BCUT2D eigenvalue weighted by atomic mass is 16.2. The van der Waals surface area contributed by atoms with Crippen molar-refractivity contribution >= 4 is 23.6 Å². The third-order valence-electron chi connectivity index (χ3n) is 6.08. The van der Waals surface area contributed by atoms with E-state index in [9.17, 15) is 19.2 Å². The highest BCUT2D eigenvalue weighted by molar-refractivity contribution is 5.87. The van der Waals surface area contributed by atoms with E-state index in [2.05, 4.69) is 10.6 Å². The summed E-state index contributed by atoms with van der Waals surface area (Å²) in [6, 6.07) is 0. The van der Waals surface area contributed by atoms with Gasteiger partial charge in [-0.15, -0.1) is 0 Å². The first-order chi connectivity index (χ1) is 13.4. The summed E-state index contributed by atoms with van der Waals surface area (Å²) in [5.41, 5.74) is -0.497. The van der Waals surface area contributed by atoms with Gasteiger partial charge in [0, 0.05) is 44.9 Å². The maximum absolute atomic E-state index is 12.8. The number of nitrogens with zero attached hydrogens (tertiary/aromatic N) is 2. The second-order valence-corrected chi connectivity index (χ2v) is 8.63. The van der Waals surface area contributed by atoms with Crippen molar-refractivity contribution in [1.82, 2.24) is 20.4 Å². The van der Waals surface area contributed by atoms with Crippen LogP contribution in [-0.2, 0) is 19.2 Å². The monoisotopic (exact) mass is 392 g/mol. The van der Waals surface area contributed by atoms with Gasteiger partial charge in [-0.2, -0.15) is 0 Å². The van der Waals surface area contributed by atoms with Gasteiger partial charge in [-0.05, 0) is 39.0 Å². The first kappa shape index (κ1) is 20.6. The Hall–Kier alpha value is -2.12. The second-order valence-electron chi connectivity index (χ2n) is 8.63. The van der Waals surface area contributed by atoms with Gasteiger partial charge in [-0.1, -0.05) is 6.42 Å². The summed E-state index contributed by atoms with van der Waals surface area (Å²) in [5.74, 6) is -0.428. The van der Waals surface area contributed by atoms with Crippen molar-refractivity contribution in [1.29, 1.82) is 0 Å². The Balaban J connectivity index is 1.53. The lowest BCUT2D eigenvalue weighted by molar-refractivity contribution is -0.142. The first-order valence-electron chi connectivity index (χ1n) is 10.5. The smallest absolute Gasteiger partial charge is 0.242 e. The maximum Gasteiger partial charge on any atom is 0.242 e. The van der Waals surface area contributed by atoms with E-state index in [1.54, 1.807) is 9.80 Å². The minimum atomic E-state index is -0.497. The molecule has 3 aliphatic rings. The lowest BCUT2D eigenvalue weighted by Gasteiger charge is -2.41. The summed E-state index contributed by atoms with van der Waals surface area (Å²) < 4.78 is 0. The van der Waals surface area contributed by atoms with E-state index in [0.29, 0.717) is 39.0 Å². The lowest BCUT2D eigenvalue weighted by atomic mass is 9.90. The number of carbonyl (C=O) groups excluding carboxylic acids is 4. The number of carbonyl (C=O) groups is 4. The van der Waals surface area contributed by atoms with Gasteiger partial charge in [0.05, 0.1) is 12.1 Å². The SMILES string of the molecule is CC1(NC(=O)CC2CCNC2=O)CCCN(C(=O)CN2CCCCCC2=O)C1. The third-order valence-corrected chi connectivity index (χ3v) is 6.08. The van der Waals surface area contributed by atoms with Gasteiger partial charge >= 0.3 is 0 Å². The van der Waals surface area contributed by atoms with Crippen molar-refractivity contribution in [3.63, 3.8) is 0 Å². The van der Waals surface area contributed by atoms with Gasteiger partial charge in [0.25, 0.3) is 0 Å². The van der Waals surface area contributed by atoms with Gasteiger partial charge < -0.3 is 20.4 Å². The van der Waals surface area contributed by atoms with Crippen molar-refractivity contribution in [3.05, 3.63) is 0 Å². The Morgan fingerprint density at radius 1 is 1.18 bits per heavy atom. The number of rotatable bonds is 5. The molecule has 0 aliphatic carbocycles. The van der Waals surface area contributed by atoms with Crippen molar-refractivity contribution < 1.29 is 19.2 Å². The van der Waals surface area contributed by atoms with Crippen LogP contribution in [0.25, 0.3) is 0 Å². The molecule has 2 atom stereocenters. The van der Waals surface area contributed by atoms with E-state index >= 15 is 0 Å². The Morgan fingerprint density at radius 3 is 2.75 bits per heavy atom. The minimum Gasteiger partial charge on any atom is -0.356 e. The van der Waals surface area contributed by atoms with Crippen LogP contribution in [0.2, 0.25) is 0 Å². The zero-order valence-electron chi connectivity index (χ0n) is 16.8. The van der Waals surface area contributed by atoms with E-state index in [4.69, 9.17) is 0 Å². The van der Waals surface area contributed by atoms with Crippen LogP contribution < -0.4 is 10.6 Å². The fraction of sp³-hybridized carbons (Fsp3) is 0.800. The Labute approximate surface area is 166 Å². The zero-order valence-corrected chi connectivity index (χ0v) is 16.8. The van der Waals surface area contributed by atoms with Crippen LogP contribution >= 0.6 is 0 Å². The Morgan fingerprint density at radius 2 is 2.00 bits per heavy atom. The van der Waals surface area contributed by atoms with Crippen LogP contribution in [0.3, 0.4) is 0 Å². The zero-order chi connectivity index (χ0) is 20.1. The normalized spacial score (nSPS) is 28.7. The summed E-state index contributed by atoms with van der Waals surface area (Å²) in [7, 11) is 0. The molecular formula is C20H32N4O4. The molecule has 0 bridgehead atoms. The number of hydrogen-bond donors (Lipinski definition) is 2. The average Bonchev–Trinajstić information content (AvgIpc) is 2.92. The molecule has 3 heterocycles. The van der Waals surface area contributed by atoms with Crippen molar-refractivity contribution in [2.45, 2.75) is 63.8 Å². The van der Waals surface area contributed by atoms with Gasteiger partial charge in [0.15, 0.2) is 0 Å². The molecule has 28 heavy (non-hydrogen) atoms. The molecule has 2 unspecified atom stereocenters. The van der Waals surface area contributed by atoms with E-state index < -0.39 is 5.54 Å². The minimum absolute atomic E-state index is 0.0504. The maximum atomic E-state index is 12.8. The van der Waals surface area contributed by atoms with Gasteiger partial charge in [-0.3, -0.25) is 19.2 Å². The van der Waals surface area contributed by atoms with E-state index in [0.717, 1.165) is 32.1 Å². The summed E-state index contributed by atoms with van der Waals surface area (Å²) in [6.45, 7) is 4.45. The van der Waals surface area contributed by atoms with E-state index in [1.807, 2.05) is 6.92 Å². The van der Waals surface area contributed by atoms with Crippen LogP contribution in [0, 0.1) is 5.92 Å². The molecule has 3 saturated heterocycles. The Kier molecular flexibility index (Phi) is 6.57. The summed E-state index contributed by atoms with van der Waals surface area (Å²) in [4.78, 5) is 52.5. The van der Waals surface area contributed by atoms with Crippen LogP contribution in [-0.4, -0.2) is 71.7 Å². The molecule has 0 aromatic rings. The largest absolute Gasteiger partial charge is 0.356 e.